The number of rotatable bonds is 2. The fourth-order valence-corrected chi connectivity index (χ4v) is 1.28. The van der Waals surface area contributed by atoms with Crippen molar-refractivity contribution in [1.82, 2.24) is 4.98 Å². The Hall–Kier alpha value is -0.988. The number of hydrogen-bond acceptors (Lipinski definition) is 4. The average molecular weight is 197 g/mol. The summed E-state index contributed by atoms with van der Waals surface area (Å²) < 4.78 is 4.78. The van der Waals surface area contributed by atoms with Crippen LogP contribution in [0.5, 0.6) is 5.75 Å². The maximum absolute atomic E-state index is 8.67. The molecule has 72 valence electrons. The Morgan fingerprint density at radius 2 is 1.93 bits per heavy atom. The second-order valence-corrected chi connectivity index (χ2v) is 2.78. The van der Waals surface area contributed by atoms with Crippen LogP contribution in [0.25, 0.3) is 10.9 Å². The second-order valence-electron chi connectivity index (χ2n) is 2.78. The third kappa shape index (κ3) is 2.74. The van der Waals surface area contributed by atoms with Crippen molar-refractivity contribution in [1.29, 1.82) is 0 Å². The van der Waals surface area contributed by atoms with Gasteiger partial charge in [0.1, 0.15) is 11.3 Å². The van der Waals surface area contributed by atoms with Crippen LogP contribution in [-0.4, -0.2) is 22.4 Å². The van der Waals surface area contributed by atoms with E-state index in [-0.39, 0.29) is 20.3 Å². The summed E-state index contributed by atoms with van der Waals surface area (Å²) in [7, 11) is -1.82. The van der Waals surface area contributed by atoms with Gasteiger partial charge in [-0.2, -0.15) is 0 Å². The van der Waals surface area contributed by atoms with Crippen molar-refractivity contribution in [3.05, 3.63) is 36.5 Å². The molecule has 0 aliphatic rings. The number of aromatic nitrogens is 1. The Kier molecular flexibility index (Phi) is 4.18. The van der Waals surface area contributed by atoms with Crippen molar-refractivity contribution >= 4 is 18.2 Å². The normalized spacial score (nSPS) is 9.47. The van der Waals surface area contributed by atoms with Crippen LogP contribution < -0.4 is 23.5 Å². The molecule has 0 fully saturated rings. The van der Waals surface area contributed by atoms with E-state index in [0.29, 0.717) is 11.3 Å². The zero-order valence-corrected chi connectivity index (χ0v) is 8.29. The van der Waals surface area contributed by atoms with E-state index in [1.54, 1.807) is 18.3 Å². The van der Waals surface area contributed by atoms with E-state index in [1.807, 2.05) is 18.2 Å². The molecule has 1 aromatic heterocycles. The predicted octanol–water partition coefficient (Wildman–Crippen LogP) is -2.30. The molecule has 4 nitrogen and oxygen atoms in total. The van der Waals surface area contributed by atoms with Gasteiger partial charge in [0, 0.05) is 11.6 Å². The molecule has 2 aromatic rings. The monoisotopic (exact) mass is 197 g/mol. The first-order valence-electron chi connectivity index (χ1n) is 4.14. The third-order valence-corrected chi connectivity index (χ3v) is 1.83. The van der Waals surface area contributed by atoms with Crippen molar-refractivity contribution in [2.24, 2.45) is 0 Å². The van der Waals surface area contributed by atoms with Gasteiger partial charge >= 0.3 is 26.2 Å². The van der Waals surface area contributed by atoms with Crippen molar-refractivity contribution in [3.63, 3.8) is 0 Å². The van der Waals surface area contributed by atoms with Gasteiger partial charge in [0.2, 0.25) is 0 Å². The summed E-state index contributed by atoms with van der Waals surface area (Å²) in [6.07, 6.45) is 1.62. The summed E-state index contributed by atoms with van der Waals surface area (Å²) in [5, 5.41) is 18.2. The number of benzene rings is 1. The summed E-state index contributed by atoms with van der Waals surface area (Å²) in [4.78, 5) is 4.09. The largest absolute Gasteiger partial charge is 1.00 e. The molecule has 1 heterocycles. The van der Waals surface area contributed by atoms with Crippen LogP contribution in [0.2, 0.25) is 0 Å². The minimum Gasteiger partial charge on any atom is -1.00 e. The van der Waals surface area contributed by atoms with Gasteiger partial charge in [-0.05, 0) is 12.1 Å². The van der Waals surface area contributed by atoms with Gasteiger partial charge in [-0.25, -0.2) is 0 Å². The first kappa shape index (κ1) is 12.1. The van der Waals surface area contributed by atoms with Crippen LogP contribution in [0, 0.1) is 0 Å². The van der Waals surface area contributed by atoms with Crippen LogP contribution in [0.4, 0.5) is 0 Å². The molecular formula is C9H9BLiNO3. The smallest absolute Gasteiger partial charge is 1.00 e. The quantitative estimate of drug-likeness (QED) is 0.531. The van der Waals surface area contributed by atoms with Gasteiger partial charge in [0.05, 0.1) is 0 Å². The van der Waals surface area contributed by atoms with E-state index in [9.17, 15) is 0 Å². The summed E-state index contributed by atoms with van der Waals surface area (Å²) in [6, 6.07) is 8.95. The minimum absolute atomic E-state index is 0. The molecular weight excluding hydrogens is 188 g/mol. The molecule has 0 aliphatic heterocycles. The fraction of sp³-hybridized carbons (Fsp3) is 0. The zero-order valence-electron chi connectivity index (χ0n) is 9.29. The molecule has 6 heteroatoms. The molecule has 1 aromatic carbocycles. The van der Waals surface area contributed by atoms with Crippen molar-refractivity contribution < 1.29 is 35.0 Å². The molecule has 0 saturated heterocycles. The molecule has 0 unspecified atom stereocenters. The first-order chi connectivity index (χ1) is 6.77. The van der Waals surface area contributed by atoms with Crippen LogP contribution in [0.1, 0.15) is 1.43 Å². The van der Waals surface area contributed by atoms with Gasteiger partial charge in [0.25, 0.3) is 0 Å². The van der Waals surface area contributed by atoms with E-state index < -0.39 is 7.32 Å². The average Bonchev–Trinajstić information content (AvgIpc) is 2.18. The Labute approximate surface area is 101 Å². The second kappa shape index (κ2) is 5.19. The number of pyridine rings is 1. The van der Waals surface area contributed by atoms with Gasteiger partial charge in [-0.15, -0.1) is 0 Å². The molecule has 0 bridgehead atoms. The number of nitrogens with zero attached hydrogens (tertiary/aromatic N) is 1. The molecule has 0 aliphatic carbocycles. The number of fused-ring (bicyclic) bond motifs is 1. The van der Waals surface area contributed by atoms with Gasteiger partial charge < -0.3 is 16.1 Å². The van der Waals surface area contributed by atoms with E-state index >= 15 is 0 Å². The van der Waals surface area contributed by atoms with Crippen LogP contribution in [-0.2, 0) is 0 Å². The maximum Gasteiger partial charge on any atom is 1.00 e. The Morgan fingerprint density at radius 1 is 1.20 bits per heavy atom. The standard InChI is InChI=1S/C9H8BNO3.Li.H/c12-10(13)14-8-5-1-3-7-4-2-6-11-9(7)8;;/h1-6,12-13H;;/q;+1;-1. The Bertz CT molecular complexity index is 452. The molecule has 0 atom stereocenters. The van der Waals surface area contributed by atoms with Crippen LogP contribution in [0.15, 0.2) is 36.5 Å². The van der Waals surface area contributed by atoms with Crippen LogP contribution in [0.3, 0.4) is 0 Å². The summed E-state index contributed by atoms with van der Waals surface area (Å²) in [5.74, 6) is 0.359. The molecule has 2 rings (SSSR count). The molecule has 15 heavy (non-hydrogen) atoms. The van der Waals surface area contributed by atoms with Gasteiger partial charge in [0.15, 0.2) is 0 Å². The Morgan fingerprint density at radius 3 is 2.67 bits per heavy atom. The van der Waals surface area contributed by atoms with Crippen molar-refractivity contribution in [2.75, 3.05) is 0 Å². The maximum atomic E-state index is 8.67. The molecule has 0 saturated carbocycles. The third-order valence-electron chi connectivity index (χ3n) is 1.83. The molecule has 0 radical (unpaired) electrons. The summed E-state index contributed by atoms with van der Waals surface area (Å²) in [6.45, 7) is 0. The number of para-hydroxylation sites is 1. The van der Waals surface area contributed by atoms with Gasteiger partial charge in [-0.1, -0.05) is 18.2 Å². The summed E-state index contributed by atoms with van der Waals surface area (Å²) in [5.41, 5.74) is 0.614. The topological polar surface area (TPSA) is 62.6 Å². The van der Waals surface area contributed by atoms with E-state index in [4.69, 9.17) is 14.7 Å². The summed E-state index contributed by atoms with van der Waals surface area (Å²) >= 11 is 0. The molecule has 2 N–H and O–H groups in total. The van der Waals surface area contributed by atoms with E-state index in [0.717, 1.165) is 5.39 Å². The predicted molar refractivity (Wildman–Crippen MR) is 53.7 cm³/mol. The Balaban J connectivity index is 0.00000112. The number of hydrogen-bond donors (Lipinski definition) is 2. The first-order valence-corrected chi connectivity index (χ1v) is 4.14. The fourth-order valence-electron chi connectivity index (χ4n) is 1.28. The van der Waals surface area contributed by atoms with Crippen LogP contribution >= 0.6 is 0 Å². The zero-order chi connectivity index (χ0) is 9.97. The van der Waals surface area contributed by atoms with E-state index in [1.165, 1.54) is 0 Å². The van der Waals surface area contributed by atoms with E-state index in [2.05, 4.69) is 4.98 Å². The molecule has 0 spiro atoms. The van der Waals surface area contributed by atoms with Crippen molar-refractivity contribution in [3.8, 4) is 5.75 Å². The molecule has 0 amide bonds. The van der Waals surface area contributed by atoms with Crippen molar-refractivity contribution in [2.45, 2.75) is 0 Å². The van der Waals surface area contributed by atoms with Gasteiger partial charge in [-0.3, -0.25) is 4.98 Å². The SMILES string of the molecule is OB(O)Oc1cccc2cccnc12.[H-].[Li+]. The minimum atomic E-state index is -1.82.